The zero-order chi connectivity index (χ0) is 17.1. The van der Waals surface area contributed by atoms with E-state index in [4.69, 9.17) is 11.6 Å². The molecule has 1 amide bonds. The molecule has 3 aromatic rings. The predicted molar refractivity (Wildman–Crippen MR) is 95.5 cm³/mol. The van der Waals surface area contributed by atoms with Gasteiger partial charge in [-0.25, -0.2) is 0 Å². The molecule has 3 rings (SSSR count). The van der Waals surface area contributed by atoms with Crippen LogP contribution in [-0.2, 0) is 11.2 Å². The van der Waals surface area contributed by atoms with E-state index in [9.17, 15) is 14.7 Å². The molecule has 5 nitrogen and oxygen atoms in total. The number of amides is 1. The van der Waals surface area contributed by atoms with E-state index in [0.717, 1.165) is 16.5 Å². The number of benzene rings is 2. The summed E-state index contributed by atoms with van der Waals surface area (Å²) in [5, 5.41) is 15.3. The molecule has 0 fully saturated rings. The van der Waals surface area contributed by atoms with Crippen molar-refractivity contribution in [3.8, 4) is 0 Å². The standard InChI is InChI=1S/C18H15ClN2O3.Na/c19-13-7-5-11(6-8-13)17(22)21-16(18(23)24)9-12-10-20-15-4-2-1-3-14(12)15;/h1-8,10,16,20H,9H2,(H,21,22)(H,23,24);/p-1. The Bertz CT molecular complexity index is 893. The molecule has 25 heavy (non-hydrogen) atoms. The number of rotatable bonds is 5. The van der Waals surface area contributed by atoms with Gasteiger partial charge in [0.15, 0.2) is 0 Å². The number of nitrogens with one attached hydrogen (secondary N) is 2. The van der Waals surface area contributed by atoms with E-state index < -0.39 is 17.9 Å². The van der Waals surface area contributed by atoms with Crippen molar-refractivity contribution in [2.24, 2.45) is 0 Å². The summed E-state index contributed by atoms with van der Waals surface area (Å²) in [7, 11) is 0. The summed E-state index contributed by atoms with van der Waals surface area (Å²) < 4.78 is 0. The minimum Gasteiger partial charge on any atom is -0.548 e. The average molecular weight is 365 g/mol. The Labute approximate surface area is 171 Å². The van der Waals surface area contributed by atoms with Gasteiger partial charge in [0.2, 0.25) is 0 Å². The number of aromatic amines is 1. The summed E-state index contributed by atoms with van der Waals surface area (Å²) >= 11 is 5.78. The molecular weight excluding hydrogens is 351 g/mol. The average Bonchev–Trinajstić information content (AvgIpc) is 2.98. The van der Waals surface area contributed by atoms with Crippen LogP contribution in [0.15, 0.2) is 54.7 Å². The zero-order valence-electron chi connectivity index (χ0n) is 13.6. The van der Waals surface area contributed by atoms with Gasteiger partial charge in [0.25, 0.3) is 5.91 Å². The van der Waals surface area contributed by atoms with Crippen LogP contribution in [0.1, 0.15) is 15.9 Å². The van der Waals surface area contributed by atoms with Crippen LogP contribution in [0.3, 0.4) is 0 Å². The van der Waals surface area contributed by atoms with E-state index in [-0.39, 0.29) is 36.0 Å². The summed E-state index contributed by atoms with van der Waals surface area (Å²) in [5.41, 5.74) is 2.05. The second kappa shape index (κ2) is 8.54. The number of aromatic nitrogens is 1. The number of hydrogen-bond acceptors (Lipinski definition) is 3. The number of halogens is 1. The zero-order valence-corrected chi connectivity index (χ0v) is 16.3. The number of H-pyrrole nitrogens is 1. The van der Waals surface area contributed by atoms with Crippen LogP contribution in [0.4, 0.5) is 0 Å². The molecule has 0 saturated heterocycles. The Hall–Kier alpha value is -1.79. The van der Waals surface area contributed by atoms with Gasteiger partial charge < -0.3 is 20.2 Å². The fourth-order valence-corrected chi connectivity index (χ4v) is 2.68. The Morgan fingerprint density at radius 3 is 2.48 bits per heavy atom. The van der Waals surface area contributed by atoms with Crippen LogP contribution in [0.2, 0.25) is 5.02 Å². The number of fused-ring (bicyclic) bond motifs is 1. The minimum atomic E-state index is -1.33. The van der Waals surface area contributed by atoms with Crippen molar-refractivity contribution >= 4 is 63.9 Å². The molecule has 0 spiro atoms. The first kappa shape index (κ1) is 19.5. The van der Waals surface area contributed by atoms with E-state index in [0.29, 0.717) is 10.6 Å². The first-order chi connectivity index (χ1) is 11.5. The molecule has 0 saturated carbocycles. The smallest absolute Gasteiger partial charge is 0.251 e. The number of para-hydroxylation sites is 1. The van der Waals surface area contributed by atoms with E-state index >= 15 is 0 Å². The molecular formula is C18H14ClN2NaO3-. The maximum atomic E-state index is 12.2. The van der Waals surface area contributed by atoms with Crippen molar-refractivity contribution in [2.75, 3.05) is 0 Å². The fourth-order valence-electron chi connectivity index (χ4n) is 2.56. The van der Waals surface area contributed by atoms with E-state index in [1.165, 1.54) is 12.1 Å². The number of carbonyl (C=O) groups is 2. The predicted octanol–water partition coefficient (Wildman–Crippen LogP) is 1.53. The molecule has 0 aliphatic rings. The number of carboxylic acid groups (broad SMARTS) is 1. The quantitative estimate of drug-likeness (QED) is 0.673. The first-order valence-electron chi connectivity index (χ1n) is 7.37. The number of carbonyl (C=O) groups excluding carboxylic acids is 2. The van der Waals surface area contributed by atoms with Crippen molar-refractivity contribution in [3.63, 3.8) is 0 Å². The normalized spacial score (nSPS) is 11.6. The molecule has 2 N–H and O–H groups in total. The largest absolute Gasteiger partial charge is 0.548 e. The van der Waals surface area contributed by atoms with Gasteiger partial charge >= 0.3 is 0 Å². The topological polar surface area (TPSA) is 85.0 Å². The molecule has 1 aromatic heterocycles. The maximum absolute atomic E-state index is 12.2. The van der Waals surface area contributed by atoms with Gasteiger partial charge in [0.1, 0.15) is 0 Å². The van der Waals surface area contributed by atoms with Gasteiger partial charge in [-0.3, -0.25) is 4.79 Å². The van der Waals surface area contributed by atoms with Crippen molar-refractivity contribution < 1.29 is 14.7 Å². The molecule has 0 aliphatic carbocycles. The SMILES string of the molecule is O=C(NC(Cc1c[nH]c2ccccc12)C(=O)[O-])c1ccc(Cl)cc1.[Na]. The molecule has 0 bridgehead atoms. The van der Waals surface area contributed by atoms with Crippen LogP contribution in [0, 0.1) is 0 Å². The van der Waals surface area contributed by atoms with Gasteiger partial charge in [-0.05, 0) is 35.9 Å². The van der Waals surface area contributed by atoms with Crippen molar-refractivity contribution in [2.45, 2.75) is 12.5 Å². The second-order valence-corrected chi connectivity index (χ2v) is 5.85. The van der Waals surface area contributed by atoms with Crippen LogP contribution >= 0.6 is 11.6 Å². The molecule has 123 valence electrons. The fraction of sp³-hybridized carbons (Fsp3) is 0.111. The summed E-state index contributed by atoms with van der Waals surface area (Å²) in [5.74, 6) is -1.82. The van der Waals surface area contributed by atoms with E-state index in [2.05, 4.69) is 10.3 Å². The third kappa shape index (κ3) is 4.64. The Morgan fingerprint density at radius 2 is 1.80 bits per heavy atom. The van der Waals surface area contributed by atoms with Crippen molar-refractivity contribution in [1.29, 1.82) is 0 Å². The third-order valence-electron chi connectivity index (χ3n) is 3.80. The van der Waals surface area contributed by atoms with Gasteiger partial charge in [0.05, 0.1) is 12.0 Å². The van der Waals surface area contributed by atoms with Gasteiger partial charge in [0, 0.05) is 63.7 Å². The second-order valence-electron chi connectivity index (χ2n) is 5.42. The van der Waals surface area contributed by atoms with Gasteiger partial charge in [-0.1, -0.05) is 29.8 Å². The van der Waals surface area contributed by atoms with E-state index in [1.54, 1.807) is 18.3 Å². The van der Waals surface area contributed by atoms with Gasteiger partial charge in [-0.2, -0.15) is 0 Å². The van der Waals surface area contributed by atoms with Crippen LogP contribution < -0.4 is 10.4 Å². The summed E-state index contributed by atoms with van der Waals surface area (Å²) in [6.45, 7) is 0. The molecule has 2 aromatic carbocycles. The molecule has 7 heteroatoms. The number of hydrogen-bond donors (Lipinski definition) is 2. The Morgan fingerprint density at radius 1 is 1.12 bits per heavy atom. The van der Waals surface area contributed by atoms with Gasteiger partial charge in [-0.15, -0.1) is 0 Å². The third-order valence-corrected chi connectivity index (χ3v) is 4.05. The van der Waals surface area contributed by atoms with Crippen LogP contribution in [0.5, 0.6) is 0 Å². The molecule has 1 radical (unpaired) electrons. The first-order valence-corrected chi connectivity index (χ1v) is 7.74. The molecule has 0 aliphatic heterocycles. The summed E-state index contributed by atoms with van der Waals surface area (Å²) in [6.07, 6.45) is 1.88. The Balaban J connectivity index is 0.00000225. The number of aliphatic carboxylic acids is 1. The van der Waals surface area contributed by atoms with Crippen molar-refractivity contribution in [1.82, 2.24) is 10.3 Å². The monoisotopic (exact) mass is 364 g/mol. The summed E-state index contributed by atoms with van der Waals surface area (Å²) in [4.78, 5) is 26.7. The molecule has 1 atom stereocenters. The Kier molecular flexibility index (Phi) is 6.67. The van der Waals surface area contributed by atoms with E-state index in [1.807, 2.05) is 24.3 Å². The number of carboxylic acids is 1. The molecule has 1 unspecified atom stereocenters. The molecule has 1 heterocycles. The maximum Gasteiger partial charge on any atom is 0.251 e. The van der Waals surface area contributed by atoms with Crippen molar-refractivity contribution in [3.05, 3.63) is 70.9 Å². The van der Waals surface area contributed by atoms with Crippen LogP contribution in [0.25, 0.3) is 10.9 Å². The van der Waals surface area contributed by atoms with Crippen LogP contribution in [-0.4, -0.2) is 52.5 Å². The minimum absolute atomic E-state index is 0. The summed E-state index contributed by atoms with van der Waals surface area (Å²) in [6, 6.07) is 12.7.